The van der Waals surface area contributed by atoms with Crippen LogP contribution in [0.15, 0.2) is 12.1 Å². The molecule has 4 nitrogen and oxygen atoms in total. The maximum Gasteiger partial charge on any atom is 1.00 e. The van der Waals surface area contributed by atoms with Crippen LogP contribution in [0.3, 0.4) is 0 Å². The van der Waals surface area contributed by atoms with Gasteiger partial charge in [0.25, 0.3) is 0 Å². The molecule has 1 rings (SSSR count). The predicted octanol–water partition coefficient (Wildman–Crippen LogP) is -0.124. The van der Waals surface area contributed by atoms with Gasteiger partial charge in [-0.15, -0.1) is 12.1 Å². The van der Waals surface area contributed by atoms with Crippen molar-refractivity contribution in [3.8, 4) is 0 Å². The number of rotatable bonds is 3. The fraction of sp³-hybridized carbons (Fsp3) is 0.769. The van der Waals surface area contributed by atoms with Crippen molar-refractivity contribution in [2.24, 2.45) is 0 Å². The van der Waals surface area contributed by atoms with Gasteiger partial charge in [0.1, 0.15) is 5.60 Å². The molecule has 0 atom stereocenters. The Morgan fingerprint density at radius 3 is 2.27 bits per heavy atom. The molecule has 0 aromatic rings. The van der Waals surface area contributed by atoms with Gasteiger partial charge in [-0.25, -0.2) is 4.79 Å². The van der Waals surface area contributed by atoms with Crippen molar-refractivity contribution in [2.75, 3.05) is 32.7 Å². The summed E-state index contributed by atoms with van der Waals surface area (Å²) in [4.78, 5) is 15.2. The van der Waals surface area contributed by atoms with E-state index in [2.05, 4.69) is 6.58 Å². The molecule has 0 N–H and O–H groups in total. The van der Waals surface area contributed by atoms with Gasteiger partial charge < -0.3 is 27.5 Å². The van der Waals surface area contributed by atoms with Crippen LogP contribution in [-0.2, 0) is 4.74 Å². The number of carbonyl (C=O) groups is 1. The molecule has 1 heterocycles. The van der Waals surface area contributed by atoms with Crippen LogP contribution in [0, 0.1) is 0 Å². The molecule has 1 aliphatic rings. The SMILES string of the molecule is C=C(CN1CCCN(C(=O)OC(C)(C)C)CC1)[B-](F)(F)F.[K+]. The van der Waals surface area contributed by atoms with Crippen LogP contribution in [0.2, 0.25) is 0 Å². The quantitative estimate of drug-likeness (QED) is 0.668. The molecule has 0 aromatic carbocycles. The molecule has 0 saturated carbocycles. The minimum atomic E-state index is -5.00. The third kappa shape index (κ3) is 8.35. The van der Waals surface area contributed by atoms with Crippen molar-refractivity contribution in [2.45, 2.75) is 32.8 Å². The van der Waals surface area contributed by atoms with Gasteiger partial charge in [-0.1, -0.05) is 0 Å². The van der Waals surface area contributed by atoms with Crippen molar-refractivity contribution in [1.29, 1.82) is 0 Å². The standard InChI is InChI=1S/C13H23BF3N2O2.K/c1-11(14(15,16)17)10-18-6-5-7-19(9-8-18)12(20)21-13(2,3)4;/h1,5-10H2,2-4H3;/q-1;+1. The number of hydrogen-bond donors (Lipinski definition) is 0. The molecular formula is C13H23BF3KN2O2. The molecule has 1 aliphatic heterocycles. The zero-order valence-corrected chi connectivity index (χ0v) is 17.0. The summed E-state index contributed by atoms with van der Waals surface area (Å²) in [5.41, 5.74) is -1.27. The molecule has 22 heavy (non-hydrogen) atoms. The van der Waals surface area contributed by atoms with E-state index in [9.17, 15) is 17.7 Å². The summed E-state index contributed by atoms with van der Waals surface area (Å²) in [5.74, 6) is 0. The molecule has 122 valence electrons. The average Bonchev–Trinajstić information content (AvgIpc) is 2.51. The van der Waals surface area contributed by atoms with E-state index in [1.165, 1.54) is 0 Å². The van der Waals surface area contributed by atoms with Crippen LogP contribution in [0.1, 0.15) is 27.2 Å². The first-order chi connectivity index (χ1) is 9.49. The molecule has 1 saturated heterocycles. The maximum atomic E-state index is 12.5. The Hall–Kier alpha value is 0.461. The molecule has 0 aromatic heterocycles. The minimum absolute atomic E-state index is 0. The molecule has 0 radical (unpaired) electrons. The van der Waals surface area contributed by atoms with E-state index < -0.39 is 24.1 Å². The molecular weight excluding hydrogens is 323 g/mol. The zero-order valence-electron chi connectivity index (χ0n) is 13.9. The maximum absolute atomic E-state index is 12.5. The van der Waals surface area contributed by atoms with E-state index >= 15 is 0 Å². The third-order valence-corrected chi connectivity index (χ3v) is 3.13. The topological polar surface area (TPSA) is 32.8 Å². The van der Waals surface area contributed by atoms with Crippen molar-refractivity contribution in [1.82, 2.24) is 9.80 Å². The fourth-order valence-electron chi connectivity index (χ4n) is 2.03. The van der Waals surface area contributed by atoms with Crippen LogP contribution in [0.5, 0.6) is 0 Å². The Morgan fingerprint density at radius 1 is 1.18 bits per heavy atom. The van der Waals surface area contributed by atoms with Gasteiger partial charge in [-0.3, -0.25) is 0 Å². The molecule has 0 aliphatic carbocycles. The van der Waals surface area contributed by atoms with Crippen LogP contribution < -0.4 is 51.4 Å². The van der Waals surface area contributed by atoms with E-state index in [0.717, 1.165) is 0 Å². The monoisotopic (exact) mass is 346 g/mol. The second-order valence-corrected chi connectivity index (χ2v) is 6.33. The summed E-state index contributed by atoms with van der Waals surface area (Å²) < 4.78 is 42.9. The Balaban J connectivity index is 0.00000441. The molecule has 1 fully saturated rings. The molecule has 0 bridgehead atoms. The molecule has 0 spiro atoms. The van der Waals surface area contributed by atoms with E-state index in [1.54, 1.807) is 30.6 Å². The fourth-order valence-corrected chi connectivity index (χ4v) is 2.03. The Labute approximate surface area is 172 Å². The van der Waals surface area contributed by atoms with Gasteiger partial charge in [0, 0.05) is 26.2 Å². The first-order valence-electron chi connectivity index (χ1n) is 7.07. The molecule has 0 unspecified atom stereocenters. The molecule has 9 heteroatoms. The number of hydrogen-bond acceptors (Lipinski definition) is 3. The van der Waals surface area contributed by atoms with E-state index in [0.29, 0.717) is 32.6 Å². The van der Waals surface area contributed by atoms with Gasteiger partial charge >= 0.3 is 64.5 Å². The first-order valence-corrected chi connectivity index (χ1v) is 7.07. The van der Waals surface area contributed by atoms with E-state index in [4.69, 9.17) is 4.74 Å². The van der Waals surface area contributed by atoms with E-state index in [-0.39, 0.29) is 57.9 Å². The van der Waals surface area contributed by atoms with Gasteiger partial charge in [0.2, 0.25) is 0 Å². The number of halogens is 3. The van der Waals surface area contributed by atoms with Crippen molar-refractivity contribution in [3.05, 3.63) is 12.1 Å². The summed E-state index contributed by atoms with van der Waals surface area (Å²) in [6.45, 7) is 5.04. The third-order valence-electron chi connectivity index (χ3n) is 3.13. The number of carbonyl (C=O) groups excluding carboxylic acids is 1. The van der Waals surface area contributed by atoms with Gasteiger partial charge in [-0.05, 0) is 33.7 Å². The predicted molar refractivity (Wildman–Crippen MR) is 77.1 cm³/mol. The zero-order chi connectivity index (χ0) is 16.3. The van der Waals surface area contributed by atoms with Gasteiger partial charge in [0.05, 0.1) is 0 Å². The number of nitrogens with zero attached hydrogens (tertiary/aromatic N) is 2. The Bertz CT molecular complexity index is 400. The molecule has 1 amide bonds. The van der Waals surface area contributed by atoms with Crippen LogP contribution in [0.4, 0.5) is 17.7 Å². The Morgan fingerprint density at radius 2 is 1.77 bits per heavy atom. The second kappa shape index (κ2) is 9.08. The van der Waals surface area contributed by atoms with Crippen molar-refractivity contribution < 1.29 is 73.9 Å². The summed E-state index contributed by atoms with van der Waals surface area (Å²) in [6, 6.07) is 0. The van der Waals surface area contributed by atoms with Crippen LogP contribution >= 0.6 is 0 Å². The first kappa shape index (κ1) is 22.5. The number of amides is 1. The van der Waals surface area contributed by atoms with E-state index in [1.807, 2.05) is 0 Å². The summed E-state index contributed by atoms with van der Waals surface area (Å²) in [6.07, 6.45) is 0.209. The normalized spacial score (nSPS) is 17.5. The van der Waals surface area contributed by atoms with Gasteiger partial charge in [-0.2, -0.15) is 0 Å². The summed E-state index contributed by atoms with van der Waals surface area (Å²) in [5, 5.41) is 0. The Kier molecular flexibility index (Phi) is 9.27. The van der Waals surface area contributed by atoms with Crippen LogP contribution in [-0.4, -0.2) is 61.2 Å². The average molecular weight is 346 g/mol. The van der Waals surface area contributed by atoms with Crippen molar-refractivity contribution in [3.63, 3.8) is 0 Å². The second-order valence-electron chi connectivity index (χ2n) is 6.33. The number of ether oxygens (including phenoxy) is 1. The minimum Gasteiger partial charge on any atom is -0.445 e. The van der Waals surface area contributed by atoms with Gasteiger partial charge in [0.15, 0.2) is 0 Å². The summed E-state index contributed by atoms with van der Waals surface area (Å²) >= 11 is 0. The van der Waals surface area contributed by atoms with Crippen molar-refractivity contribution >= 4 is 13.1 Å². The van der Waals surface area contributed by atoms with Crippen LogP contribution in [0.25, 0.3) is 0 Å². The smallest absolute Gasteiger partial charge is 0.445 e. The summed E-state index contributed by atoms with van der Waals surface area (Å²) in [7, 11) is 0. The largest absolute Gasteiger partial charge is 1.00 e.